The molecule has 0 atom stereocenters. The molecule has 0 aliphatic heterocycles. The van der Waals surface area contributed by atoms with E-state index in [1.165, 1.54) is 19.2 Å². The minimum Gasteiger partial charge on any atom is -0.494 e. The molecule has 6 heteroatoms. The van der Waals surface area contributed by atoms with Crippen LogP contribution in [0.5, 0.6) is 5.75 Å². The third kappa shape index (κ3) is 4.45. The van der Waals surface area contributed by atoms with Crippen LogP contribution in [0.15, 0.2) is 30.3 Å². The molecule has 0 spiro atoms. The highest BCUT2D eigenvalue weighted by molar-refractivity contribution is 5.33. The third-order valence-corrected chi connectivity index (χ3v) is 5.18. The topological polar surface area (TPSA) is 38.7 Å². The molecule has 0 amide bonds. The number of benzene rings is 2. The predicted octanol–water partition coefficient (Wildman–Crippen LogP) is 4.85. The van der Waals surface area contributed by atoms with Crippen LogP contribution in [0.25, 0.3) is 0 Å². The molecule has 27 heavy (non-hydrogen) atoms. The molecule has 0 radical (unpaired) electrons. The molecule has 146 valence electrons. The maximum absolute atomic E-state index is 14.3. The molecular weight excluding hydrogens is 357 g/mol. The van der Waals surface area contributed by atoms with Gasteiger partial charge in [0.15, 0.2) is 11.6 Å². The molecule has 1 aliphatic carbocycles. The first kappa shape index (κ1) is 19.7. The number of aliphatic hydroxyl groups excluding tert-OH is 1. The van der Waals surface area contributed by atoms with Crippen molar-refractivity contribution >= 4 is 0 Å². The average molecular weight is 380 g/mol. The van der Waals surface area contributed by atoms with E-state index in [-0.39, 0.29) is 36.5 Å². The summed E-state index contributed by atoms with van der Waals surface area (Å²) in [6.07, 6.45) is 2.87. The lowest BCUT2D eigenvalue weighted by atomic mass is 9.82. The molecule has 3 nitrogen and oxygen atoms in total. The van der Waals surface area contributed by atoms with Crippen LogP contribution in [-0.4, -0.2) is 18.3 Å². The van der Waals surface area contributed by atoms with Gasteiger partial charge >= 0.3 is 0 Å². The molecule has 0 aromatic heterocycles. The van der Waals surface area contributed by atoms with Crippen molar-refractivity contribution in [1.82, 2.24) is 0 Å². The zero-order chi connectivity index (χ0) is 19.4. The van der Waals surface area contributed by atoms with Gasteiger partial charge in [0, 0.05) is 5.56 Å². The van der Waals surface area contributed by atoms with E-state index in [1.54, 1.807) is 18.2 Å². The molecule has 0 heterocycles. The Morgan fingerprint density at radius 3 is 2.37 bits per heavy atom. The summed E-state index contributed by atoms with van der Waals surface area (Å²) >= 11 is 0. The molecule has 0 saturated heterocycles. The van der Waals surface area contributed by atoms with Gasteiger partial charge in [0.05, 0.1) is 26.4 Å². The van der Waals surface area contributed by atoms with Crippen molar-refractivity contribution in [3.63, 3.8) is 0 Å². The van der Waals surface area contributed by atoms with Gasteiger partial charge in [0.1, 0.15) is 5.82 Å². The standard InChI is InChI=1S/C21H23F3O3/c1-26-19-9-8-17(20(23)21(19)24)14-4-6-16(7-5-14)27-12-13-2-3-15(11-25)18(22)10-13/h2-3,8-10,14,16,25H,4-7,11-12H2,1H3. The van der Waals surface area contributed by atoms with Gasteiger partial charge in [-0.3, -0.25) is 0 Å². The summed E-state index contributed by atoms with van der Waals surface area (Å²) in [6, 6.07) is 7.70. The van der Waals surface area contributed by atoms with Crippen molar-refractivity contribution in [2.75, 3.05) is 7.11 Å². The fourth-order valence-electron chi connectivity index (χ4n) is 3.58. The lowest BCUT2D eigenvalue weighted by molar-refractivity contribution is 0.0130. The van der Waals surface area contributed by atoms with Crippen LogP contribution < -0.4 is 4.74 Å². The Hall–Kier alpha value is -2.05. The van der Waals surface area contributed by atoms with Crippen molar-refractivity contribution in [3.8, 4) is 5.75 Å². The quantitative estimate of drug-likeness (QED) is 0.779. The first-order valence-corrected chi connectivity index (χ1v) is 9.05. The van der Waals surface area contributed by atoms with Gasteiger partial charge < -0.3 is 14.6 Å². The second-order valence-corrected chi connectivity index (χ2v) is 6.85. The molecule has 1 aliphatic rings. The number of ether oxygens (including phenoxy) is 2. The Morgan fingerprint density at radius 1 is 1.00 bits per heavy atom. The van der Waals surface area contributed by atoms with Gasteiger partial charge in [-0.15, -0.1) is 0 Å². The Bertz CT molecular complexity index is 786. The average Bonchev–Trinajstić information content (AvgIpc) is 2.69. The largest absolute Gasteiger partial charge is 0.494 e. The highest BCUT2D eigenvalue weighted by Gasteiger charge is 2.27. The van der Waals surface area contributed by atoms with E-state index < -0.39 is 17.5 Å². The molecule has 0 bridgehead atoms. The van der Waals surface area contributed by atoms with Gasteiger partial charge in [-0.1, -0.05) is 18.2 Å². The number of hydrogen-bond donors (Lipinski definition) is 1. The Kier molecular flexibility index (Phi) is 6.39. The smallest absolute Gasteiger partial charge is 0.200 e. The van der Waals surface area contributed by atoms with E-state index in [0.717, 1.165) is 12.8 Å². The van der Waals surface area contributed by atoms with Crippen LogP contribution in [0.4, 0.5) is 13.2 Å². The fourth-order valence-corrected chi connectivity index (χ4v) is 3.58. The van der Waals surface area contributed by atoms with E-state index in [4.69, 9.17) is 14.6 Å². The summed E-state index contributed by atoms with van der Waals surface area (Å²) in [7, 11) is 1.31. The van der Waals surface area contributed by atoms with Gasteiger partial charge in [-0.05, 0) is 54.9 Å². The Labute approximate surface area is 156 Å². The minimum atomic E-state index is -0.943. The molecule has 3 rings (SSSR count). The minimum absolute atomic E-state index is 0.00739. The van der Waals surface area contributed by atoms with E-state index in [9.17, 15) is 13.2 Å². The number of aliphatic hydroxyl groups is 1. The first-order chi connectivity index (χ1) is 13.0. The lowest BCUT2D eigenvalue weighted by Gasteiger charge is -2.29. The summed E-state index contributed by atoms with van der Waals surface area (Å²) < 4.78 is 52.5. The predicted molar refractivity (Wildman–Crippen MR) is 95.0 cm³/mol. The highest BCUT2D eigenvalue weighted by Crippen LogP contribution is 2.37. The monoisotopic (exact) mass is 380 g/mol. The normalized spacial score (nSPS) is 19.9. The van der Waals surface area contributed by atoms with Gasteiger partial charge in [0.2, 0.25) is 5.82 Å². The summed E-state index contributed by atoms with van der Waals surface area (Å²) in [4.78, 5) is 0. The van der Waals surface area contributed by atoms with Gasteiger partial charge in [-0.25, -0.2) is 8.78 Å². The summed E-state index contributed by atoms with van der Waals surface area (Å²) in [5.41, 5.74) is 1.34. The van der Waals surface area contributed by atoms with E-state index in [1.807, 2.05) is 0 Å². The van der Waals surface area contributed by atoms with Crippen LogP contribution in [-0.2, 0) is 18.0 Å². The first-order valence-electron chi connectivity index (χ1n) is 9.05. The summed E-state index contributed by atoms with van der Waals surface area (Å²) in [5, 5.41) is 9.00. The van der Waals surface area contributed by atoms with Crippen molar-refractivity contribution in [1.29, 1.82) is 0 Å². The zero-order valence-corrected chi connectivity index (χ0v) is 15.2. The molecule has 0 unspecified atom stereocenters. The second-order valence-electron chi connectivity index (χ2n) is 6.85. The molecule has 1 N–H and O–H groups in total. The van der Waals surface area contributed by atoms with Crippen LogP contribution in [0, 0.1) is 17.5 Å². The maximum atomic E-state index is 14.3. The molecule has 2 aromatic carbocycles. The van der Waals surface area contributed by atoms with E-state index in [2.05, 4.69) is 0 Å². The van der Waals surface area contributed by atoms with Crippen LogP contribution >= 0.6 is 0 Å². The number of halogens is 3. The summed E-state index contributed by atoms with van der Waals surface area (Å²) in [5.74, 6) is -2.36. The number of rotatable bonds is 6. The van der Waals surface area contributed by atoms with Gasteiger partial charge in [-0.2, -0.15) is 4.39 Å². The second kappa shape index (κ2) is 8.76. The van der Waals surface area contributed by atoms with Crippen molar-refractivity contribution in [3.05, 3.63) is 64.5 Å². The number of hydrogen-bond acceptors (Lipinski definition) is 3. The van der Waals surface area contributed by atoms with Crippen LogP contribution in [0.3, 0.4) is 0 Å². The lowest BCUT2D eigenvalue weighted by Crippen LogP contribution is -2.21. The third-order valence-electron chi connectivity index (χ3n) is 5.18. The Morgan fingerprint density at radius 2 is 1.74 bits per heavy atom. The van der Waals surface area contributed by atoms with E-state index >= 15 is 0 Å². The van der Waals surface area contributed by atoms with Crippen molar-refractivity contribution in [2.24, 2.45) is 0 Å². The molecule has 1 fully saturated rings. The van der Waals surface area contributed by atoms with E-state index in [0.29, 0.717) is 24.0 Å². The summed E-state index contributed by atoms with van der Waals surface area (Å²) in [6.45, 7) is -0.0526. The van der Waals surface area contributed by atoms with Gasteiger partial charge in [0.25, 0.3) is 0 Å². The SMILES string of the molecule is COc1ccc(C2CCC(OCc3ccc(CO)c(F)c3)CC2)c(F)c1F. The van der Waals surface area contributed by atoms with Crippen LogP contribution in [0.2, 0.25) is 0 Å². The molecule has 1 saturated carbocycles. The number of methoxy groups -OCH3 is 1. The van der Waals surface area contributed by atoms with Crippen molar-refractivity contribution < 1.29 is 27.8 Å². The zero-order valence-electron chi connectivity index (χ0n) is 15.2. The molecular formula is C21H23F3O3. The highest BCUT2D eigenvalue weighted by atomic mass is 19.2. The molecule has 2 aromatic rings. The van der Waals surface area contributed by atoms with Crippen LogP contribution in [0.1, 0.15) is 48.3 Å². The van der Waals surface area contributed by atoms with Crippen molar-refractivity contribution in [2.45, 2.75) is 50.9 Å². The maximum Gasteiger partial charge on any atom is 0.200 e. The Balaban J connectivity index is 1.55. The fraction of sp³-hybridized carbons (Fsp3) is 0.429.